The Morgan fingerprint density at radius 2 is 1.53 bits per heavy atom. The van der Waals surface area contributed by atoms with Crippen LogP contribution in [0.15, 0.2) is 10.7 Å². The van der Waals surface area contributed by atoms with Crippen LogP contribution in [0.2, 0.25) is 0 Å². The van der Waals surface area contributed by atoms with Gasteiger partial charge in [0.05, 0.1) is 0 Å². The van der Waals surface area contributed by atoms with Crippen molar-refractivity contribution in [3.05, 3.63) is 38.7 Å². The lowest BCUT2D eigenvalue weighted by atomic mass is 9.93. The normalized spacial score (nSPS) is 10.9. The molecule has 3 heteroatoms. The lowest BCUT2D eigenvalue weighted by molar-refractivity contribution is 1.14. The number of nitrogens with one attached hydrogen (secondary N) is 1. The maximum Gasteiger partial charge on any atom is 0.110 e. The van der Waals surface area contributed by atoms with Crippen LogP contribution in [-0.4, -0.2) is 9.97 Å². The third kappa shape index (κ3) is 2.04. The Bertz CT molecular complexity index is 556. The standard InChI is InChI=1S/C14H17BrN2/c1-7-6-8(2)10(4)12(9(7)3)13-14(15)17-11(5)16-13/h6H,1-5H3,(H,16,17). The van der Waals surface area contributed by atoms with E-state index in [2.05, 4.69) is 59.7 Å². The number of nitrogens with zero attached hydrogens (tertiary/aromatic N) is 1. The number of aromatic amines is 1. The van der Waals surface area contributed by atoms with Crippen molar-refractivity contribution in [2.24, 2.45) is 0 Å². The zero-order chi connectivity index (χ0) is 12.7. The molecular weight excluding hydrogens is 276 g/mol. The van der Waals surface area contributed by atoms with Crippen LogP contribution in [-0.2, 0) is 0 Å². The molecule has 0 bridgehead atoms. The molecule has 1 heterocycles. The molecule has 0 saturated heterocycles. The number of aryl methyl sites for hydroxylation is 3. The predicted molar refractivity (Wildman–Crippen MR) is 75.4 cm³/mol. The second-order valence-corrected chi connectivity index (χ2v) is 5.41. The van der Waals surface area contributed by atoms with E-state index < -0.39 is 0 Å². The summed E-state index contributed by atoms with van der Waals surface area (Å²) in [5.74, 6) is 0.935. The van der Waals surface area contributed by atoms with E-state index in [0.717, 1.165) is 16.1 Å². The van der Waals surface area contributed by atoms with E-state index >= 15 is 0 Å². The number of halogens is 1. The van der Waals surface area contributed by atoms with Gasteiger partial charge in [-0.05, 0) is 72.8 Å². The van der Waals surface area contributed by atoms with Crippen LogP contribution < -0.4 is 0 Å². The van der Waals surface area contributed by atoms with Crippen molar-refractivity contribution >= 4 is 15.9 Å². The smallest absolute Gasteiger partial charge is 0.110 e. The molecule has 0 amide bonds. The van der Waals surface area contributed by atoms with Crippen molar-refractivity contribution in [3.63, 3.8) is 0 Å². The number of aromatic nitrogens is 2. The first kappa shape index (κ1) is 12.4. The average molecular weight is 293 g/mol. The molecule has 0 radical (unpaired) electrons. The number of rotatable bonds is 1. The van der Waals surface area contributed by atoms with Crippen molar-refractivity contribution in [2.45, 2.75) is 34.6 Å². The van der Waals surface area contributed by atoms with Crippen LogP contribution in [0.4, 0.5) is 0 Å². The minimum absolute atomic E-state index is 0.935. The highest BCUT2D eigenvalue weighted by atomic mass is 79.9. The highest BCUT2D eigenvalue weighted by Crippen LogP contribution is 2.34. The van der Waals surface area contributed by atoms with Crippen LogP contribution in [0.25, 0.3) is 11.3 Å². The molecule has 0 atom stereocenters. The summed E-state index contributed by atoms with van der Waals surface area (Å²) in [4.78, 5) is 7.79. The van der Waals surface area contributed by atoms with Crippen LogP contribution in [0.1, 0.15) is 28.1 Å². The van der Waals surface area contributed by atoms with Gasteiger partial charge in [0.2, 0.25) is 0 Å². The highest BCUT2D eigenvalue weighted by molar-refractivity contribution is 9.10. The Balaban J connectivity index is 2.79. The van der Waals surface area contributed by atoms with Crippen molar-refractivity contribution in [1.82, 2.24) is 9.97 Å². The largest absolute Gasteiger partial charge is 0.336 e. The van der Waals surface area contributed by atoms with Gasteiger partial charge < -0.3 is 4.98 Å². The second-order valence-electron chi connectivity index (χ2n) is 4.62. The molecule has 0 aliphatic rings. The van der Waals surface area contributed by atoms with Crippen molar-refractivity contribution in [2.75, 3.05) is 0 Å². The Morgan fingerprint density at radius 3 is 1.94 bits per heavy atom. The molecule has 0 aliphatic carbocycles. The van der Waals surface area contributed by atoms with Gasteiger partial charge in [-0.2, -0.15) is 0 Å². The van der Waals surface area contributed by atoms with E-state index in [4.69, 9.17) is 0 Å². The third-order valence-corrected chi connectivity index (χ3v) is 3.95. The van der Waals surface area contributed by atoms with E-state index in [-0.39, 0.29) is 0 Å². The maximum atomic E-state index is 4.58. The summed E-state index contributed by atoms with van der Waals surface area (Å²) in [7, 11) is 0. The monoisotopic (exact) mass is 292 g/mol. The van der Waals surface area contributed by atoms with Gasteiger partial charge in [0.25, 0.3) is 0 Å². The number of imidazole rings is 1. The maximum absolute atomic E-state index is 4.58. The van der Waals surface area contributed by atoms with Crippen LogP contribution in [0, 0.1) is 34.6 Å². The molecule has 0 aliphatic heterocycles. The first-order chi connectivity index (χ1) is 7.91. The van der Waals surface area contributed by atoms with Crippen molar-refractivity contribution < 1.29 is 0 Å². The molecule has 0 spiro atoms. The van der Waals surface area contributed by atoms with E-state index in [1.165, 1.54) is 27.8 Å². The minimum atomic E-state index is 0.935. The van der Waals surface area contributed by atoms with Gasteiger partial charge in [-0.25, -0.2) is 4.98 Å². The van der Waals surface area contributed by atoms with E-state index in [9.17, 15) is 0 Å². The van der Waals surface area contributed by atoms with Gasteiger partial charge in [-0.3, -0.25) is 0 Å². The molecular formula is C14H17BrN2. The first-order valence-corrected chi connectivity index (χ1v) is 6.51. The molecule has 1 aromatic carbocycles. The summed E-state index contributed by atoms with van der Waals surface area (Å²) < 4.78 is 0.964. The Morgan fingerprint density at radius 1 is 1.00 bits per heavy atom. The van der Waals surface area contributed by atoms with E-state index in [0.29, 0.717) is 0 Å². The summed E-state index contributed by atoms with van der Waals surface area (Å²) >= 11 is 3.55. The summed E-state index contributed by atoms with van der Waals surface area (Å²) in [6, 6.07) is 2.24. The molecule has 2 nitrogen and oxygen atoms in total. The average Bonchev–Trinajstić information content (AvgIpc) is 2.56. The molecule has 0 unspecified atom stereocenters. The Kier molecular flexibility index (Phi) is 3.13. The van der Waals surface area contributed by atoms with Gasteiger partial charge in [-0.1, -0.05) is 6.07 Å². The number of benzene rings is 1. The predicted octanol–water partition coefficient (Wildman–Crippen LogP) is 4.38. The SMILES string of the molecule is Cc1nc(-c2c(C)c(C)cc(C)c2C)c(Br)[nH]1. The molecule has 0 fully saturated rings. The van der Waals surface area contributed by atoms with Crippen LogP contribution in [0.5, 0.6) is 0 Å². The highest BCUT2D eigenvalue weighted by Gasteiger charge is 2.15. The zero-order valence-electron chi connectivity index (χ0n) is 10.9. The fourth-order valence-electron chi connectivity index (χ4n) is 2.20. The fraction of sp³-hybridized carbons (Fsp3) is 0.357. The molecule has 2 rings (SSSR count). The van der Waals surface area contributed by atoms with Crippen LogP contribution >= 0.6 is 15.9 Å². The van der Waals surface area contributed by atoms with Gasteiger partial charge in [0.15, 0.2) is 0 Å². The molecule has 2 aromatic rings. The van der Waals surface area contributed by atoms with Crippen LogP contribution in [0.3, 0.4) is 0 Å². The van der Waals surface area contributed by atoms with E-state index in [1.54, 1.807) is 0 Å². The lowest BCUT2D eigenvalue weighted by Gasteiger charge is -2.13. The minimum Gasteiger partial charge on any atom is -0.336 e. The van der Waals surface area contributed by atoms with Gasteiger partial charge >= 0.3 is 0 Å². The number of hydrogen-bond acceptors (Lipinski definition) is 1. The lowest BCUT2D eigenvalue weighted by Crippen LogP contribution is -1.95. The van der Waals surface area contributed by atoms with Crippen molar-refractivity contribution in [3.8, 4) is 11.3 Å². The third-order valence-electron chi connectivity index (χ3n) is 3.38. The zero-order valence-corrected chi connectivity index (χ0v) is 12.5. The van der Waals surface area contributed by atoms with Gasteiger partial charge in [0.1, 0.15) is 16.1 Å². The second kappa shape index (κ2) is 4.30. The summed E-state index contributed by atoms with van der Waals surface area (Å²) in [6.07, 6.45) is 0. The summed E-state index contributed by atoms with van der Waals surface area (Å²) in [5, 5.41) is 0. The number of hydrogen-bond donors (Lipinski definition) is 1. The fourth-order valence-corrected chi connectivity index (χ4v) is 2.77. The Hall–Kier alpha value is -1.09. The topological polar surface area (TPSA) is 28.7 Å². The quantitative estimate of drug-likeness (QED) is 0.830. The molecule has 90 valence electrons. The molecule has 0 saturated carbocycles. The molecule has 1 N–H and O–H groups in total. The van der Waals surface area contributed by atoms with Gasteiger partial charge in [0, 0.05) is 5.56 Å². The Labute approximate surface area is 111 Å². The first-order valence-electron chi connectivity index (χ1n) is 5.71. The summed E-state index contributed by atoms with van der Waals surface area (Å²) in [5.41, 5.74) is 7.51. The van der Waals surface area contributed by atoms with Gasteiger partial charge in [-0.15, -0.1) is 0 Å². The van der Waals surface area contributed by atoms with E-state index in [1.807, 2.05) is 6.92 Å². The molecule has 17 heavy (non-hydrogen) atoms. The van der Waals surface area contributed by atoms with Crippen molar-refractivity contribution in [1.29, 1.82) is 0 Å². The molecule has 1 aromatic heterocycles. The number of H-pyrrole nitrogens is 1. The summed E-state index contributed by atoms with van der Waals surface area (Å²) in [6.45, 7) is 10.6.